The predicted molar refractivity (Wildman–Crippen MR) is 233 cm³/mol. The van der Waals surface area contributed by atoms with Gasteiger partial charge in [-0.2, -0.15) is 0 Å². The lowest BCUT2D eigenvalue weighted by atomic mass is 9.90. The van der Waals surface area contributed by atoms with Crippen LogP contribution in [0.15, 0.2) is 5.11 Å². The van der Waals surface area contributed by atoms with Crippen LogP contribution in [0, 0.1) is 16.0 Å². The van der Waals surface area contributed by atoms with E-state index in [1.54, 1.807) is 13.8 Å². The van der Waals surface area contributed by atoms with Crippen molar-refractivity contribution in [1.82, 2.24) is 0 Å². The highest BCUT2D eigenvalue weighted by molar-refractivity contribution is 5.70. The van der Waals surface area contributed by atoms with E-state index in [0.717, 1.165) is 62.3 Å². The zero-order valence-corrected chi connectivity index (χ0v) is 42.7. The van der Waals surface area contributed by atoms with E-state index < -0.39 is 195 Å². The Hall–Kier alpha value is -6.54. The molecule has 20 atom stereocenters. The summed E-state index contributed by atoms with van der Waals surface area (Å²) >= 11 is 0. The minimum atomic E-state index is -2.28. The second-order valence-electron chi connectivity index (χ2n) is 17.3. The van der Waals surface area contributed by atoms with Gasteiger partial charge in [-0.1, -0.05) is 12.0 Å². The number of azide groups is 1. The van der Waals surface area contributed by atoms with Crippen molar-refractivity contribution in [2.45, 2.75) is 200 Å². The van der Waals surface area contributed by atoms with Crippen LogP contribution in [0.25, 0.3) is 10.4 Å². The largest absolute Gasteiger partial charge is 0.463 e. The standard InChI is InChI=1S/C43H60N4O28/c1-15-16(2)61-41(37(68-25(11)55)30(15)63-20(6)50)74-39-36(67-24(10)54)33(65-22(8)52)28(14-60-19(5)49)71-43(39)72-32-27(13-59-18(4)48)70-40(75-47(57)58)29(45-46-44)34(32)73-42-38(69-26(12)56)35(66-23(9)53)31(17(3)62-42)64-21(7)51/h15-17,27-43H,13-14H2,1-12H3/t15-,16?,17?,27?,28?,29?,30?,31?,32?,33?,34+,35-,36-,37-,38?,39?,40?,41?,42+,43-/m0/s1. The van der Waals surface area contributed by atoms with Crippen molar-refractivity contribution >= 4 is 53.7 Å². The molecule has 4 fully saturated rings. The molecular formula is C43H60N4O28. The Morgan fingerprint density at radius 2 is 0.813 bits per heavy atom. The van der Waals surface area contributed by atoms with Crippen molar-refractivity contribution < 1.29 is 129 Å². The summed E-state index contributed by atoms with van der Waals surface area (Å²) in [4.78, 5) is 133. The first-order valence-corrected chi connectivity index (χ1v) is 23.0. The van der Waals surface area contributed by atoms with Gasteiger partial charge in [-0.05, 0) is 19.4 Å². The van der Waals surface area contributed by atoms with Gasteiger partial charge < -0.3 is 75.8 Å². The molecule has 420 valence electrons. The van der Waals surface area contributed by atoms with E-state index in [1.807, 2.05) is 0 Å². The monoisotopic (exact) mass is 1080 g/mol. The minimum Gasteiger partial charge on any atom is -0.463 e. The normalized spacial score (nSPS) is 35.3. The van der Waals surface area contributed by atoms with Crippen LogP contribution in [0.5, 0.6) is 0 Å². The van der Waals surface area contributed by atoms with Gasteiger partial charge in [0.2, 0.25) is 6.29 Å². The Morgan fingerprint density at radius 3 is 1.28 bits per heavy atom. The van der Waals surface area contributed by atoms with E-state index in [1.165, 1.54) is 6.92 Å². The van der Waals surface area contributed by atoms with Gasteiger partial charge in [-0.3, -0.25) is 48.0 Å². The number of ether oxygens (including phenoxy) is 16. The van der Waals surface area contributed by atoms with Gasteiger partial charge >= 0.3 is 53.7 Å². The Kier molecular flexibility index (Phi) is 22.2. The molecule has 4 rings (SSSR count). The lowest BCUT2D eigenvalue weighted by Crippen LogP contribution is -2.69. The second-order valence-corrected chi connectivity index (χ2v) is 17.3. The molecule has 0 aliphatic carbocycles. The first kappa shape index (κ1) is 61.0. The van der Waals surface area contributed by atoms with Crippen molar-refractivity contribution in [2.75, 3.05) is 13.2 Å². The van der Waals surface area contributed by atoms with Crippen LogP contribution in [0.1, 0.15) is 83.1 Å². The van der Waals surface area contributed by atoms with Gasteiger partial charge in [0, 0.05) is 73.1 Å². The predicted octanol–water partition coefficient (Wildman–Crippen LogP) is 0.253. The van der Waals surface area contributed by atoms with E-state index >= 15 is 0 Å². The second kappa shape index (κ2) is 27.3. The molecule has 32 nitrogen and oxygen atoms in total. The molecule has 0 saturated carbocycles. The maximum absolute atomic E-state index is 13.1. The molecule has 4 aliphatic rings. The third-order valence-corrected chi connectivity index (χ3v) is 11.4. The Morgan fingerprint density at radius 1 is 0.453 bits per heavy atom. The van der Waals surface area contributed by atoms with Crippen molar-refractivity contribution in [3.8, 4) is 0 Å². The average Bonchev–Trinajstić information content (AvgIpc) is 3.27. The first-order valence-electron chi connectivity index (χ1n) is 23.0. The molecule has 0 N–H and O–H groups in total. The fraction of sp³-hybridized carbons (Fsp3) is 0.791. The molecule has 0 bridgehead atoms. The summed E-state index contributed by atoms with van der Waals surface area (Å²) in [5.74, 6) is -9.30. The lowest BCUT2D eigenvalue weighted by Gasteiger charge is -2.51. The molecule has 32 heteroatoms. The molecule has 0 aromatic heterocycles. The number of rotatable bonds is 20. The third-order valence-electron chi connectivity index (χ3n) is 11.4. The van der Waals surface area contributed by atoms with Crippen LogP contribution in [-0.2, 0) is 124 Å². The number of hydrogen-bond acceptors (Lipinski definition) is 29. The number of hydrogen-bond donors (Lipinski definition) is 0. The first-order chi connectivity index (χ1) is 35.1. The fourth-order valence-electron chi connectivity index (χ4n) is 8.49. The highest BCUT2D eigenvalue weighted by Crippen LogP contribution is 2.40. The van der Waals surface area contributed by atoms with Gasteiger partial charge in [-0.15, -0.1) is 10.1 Å². The number of esters is 9. The zero-order valence-electron chi connectivity index (χ0n) is 42.7. The van der Waals surface area contributed by atoms with Crippen LogP contribution in [-0.4, -0.2) is 189 Å². The molecule has 13 unspecified atom stereocenters. The Balaban J connectivity index is 2.05. The van der Waals surface area contributed by atoms with E-state index in [-0.39, 0.29) is 0 Å². The summed E-state index contributed by atoms with van der Waals surface area (Å²) in [6, 6.07) is -2.12. The van der Waals surface area contributed by atoms with E-state index in [2.05, 4.69) is 10.0 Å². The molecule has 4 saturated heterocycles. The highest BCUT2D eigenvalue weighted by Gasteiger charge is 2.60. The molecule has 0 amide bonds. The zero-order chi connectivity index (χ0) is 56.2. The van der Waals surface area contributed by atoms with Gasteiger partial charge in [0.25, 0.3) is 5.09 Å². The smallest absolute Gasteiger partial charge is 0.303 e. The molecular weight excluding hydrogens is 1020 g/mol. The van der Waals surface area contributed by atoms with Gasteiger partial charge in [-0.25, -0.2) is 0 Å². The minimum absolute atomic E-state index is 0.699. The lowest BCUT2D eigenvalue weighted by molar-refractivity contribution is -0.783. The summed E-state index contributed by atoms with van der Waals surface area (Å²) in [5, 5.41) is 14.3. The summed E-state index contributed by atoms with van der Waals surface area (Å²) < 4.78 is 93.7. The topological polar surface area (TPSA) is 402 Å². The van der Waals surface area contributed by atoms with E-state index in [9.17, 15) is 58.8 Å². The summed E-state index contributed by atoms with van der Waals surface area (Å²) in [6.45, 7) is 11.7. The van der Waals surface area contributed by atoms with Gasteiger partial charge in [0.15, 0.2) is 61.6 Å². The van der Waals surface area contributed by atoms with Crippen LogP contribution in [0.2, 0.25) is 0 Å². The van der Waals surface area contributed by atoms with Gasteiger partial charge in [0.1, 0.15) is 49.8 Å². The quantitative estimate of drug-likeness (QED) is 0.0300. The summed E-state index contributed by atoms with van der Waals surface area (Å²) in [6.07, 6.45) is -32.1. The molecule has 4 heterocycles. The average molecular weight is 1080 g/mol. The van der Waals surface area contributed by atoms with Crippen LogP contribution in [0.4, 0.5) is 0 Å². The number of carbonyl (C=O) groups excluding carboxylic acids is 9. The van der Waals surface area contributed by atoms with Gasteiger partial charge in [0.05, 0.1) is 12.2 Å². The summed E-state index contributed by atoms with van der Waals surface area (Å²) in [7, 11) is 0. The third kappa shape index (κ3) is 17.0. The van der Waals surface area contributed by atoms with Crippen molar-refractivity contribution in [3.05, 3.63) is 20.6 Å². The molecule has 0 aromatic rings. The highest BCUT2D eigenvalue weighted by atomic mass is 17.0. The van der Waals surface area contributed by atoms with E-state index in [4.69, 9.17) is 80.6 Å². The van der Waals surface area contributed by atoms with Crippen molar-refractivity contribution in [3.63, 3.8) is 0 Å². The summed E-state index contributed by atoms with van der Waals surface area (Å²) in [5.41, 5.74) is 9.95. The van der Waals surface area contributed by atoms with Crippen LogP contribution in [0.3, 0.4) is 0 Å². The molecule has 0 radical (unpaired) electrons. The Labute approximate surface area is 426 Å². The fourth-order valence-corrected chi connectivity index (χ4v) is 8.49. The van der Waals surface area contributed by atoms with Crippen molar-refractivity contribution in [1.29, 1.82) is 0 Å². The maximum Gasteiger partial charge on any atom is 0.303 e. The van der Waals surface area contributed by atoms with Crippen molar-refractivity contribution in [2.24, 2.45) is 11.0 Å². The SMILES string of the molecule is CC(=O)OCC1OC(O[N+](=O)[O-])C(N=[N+]=[N-])[C@@H](O[C@H]2OC(C)C(OC(C)=O)[C@H](OC(C)=O)C2OC(C)=O)C1O[C@@H]1OC(COC(C)=O)C(OC(C)=O)[C@H](OC(C)=O)C1OC1OC(C)[C@H](C)C(OC(C)=O)[C@@H]1OC(C)=O. The van der Waals surface area contributed by atoms with Crippen LogP contribution >= 0.6 is 0 Å². The Bertz CT molecular complexity index is 2160. The van der Waals surface area contributed by atoms with Crippen LogP contribution < -0.4 is 0 Å². The number of nitrogens with zero attached hydrogens (tertiary/aromatic N) is 4. The molecule has 0 aromatic carbocycles. The molecule has 4 aliphatic heterocycles. The molecule has 0 spiro atoms. The molecule has 75 heavy (non-hydrogen) atoms. The maximum atomic E-state index is 13.1. The number of carbonyl (C=O) groups is 9. The van der Waals surface area contributed by atoms with E-state index in [0.29, 0.717) is 0 Å².